The molecule has 2 heteroatoms. The minimum absolute atomic E-state index is 0. The number of rotatable bonds is 2. The first-order valence-corrected chi connectivity index (χ1v) is 6.07. The van der Waals surface area contributed by atoms with Crippen LogP contribution in [0.25, 0.3) is 0 Å². The van der Waals surface area contributed by atoms with Crippen molar-refractivity contribution in [2.75, 3.05) is 6.54 Å². The minimum atomic E-state index is 0. The highest BCUT2D eigenvalue weighted by Gasteiger charge is 2.08. The smallest absolute Gasteiger partial charge is 0.0208 e. The van der Waals surface area contributed by atoms with Gasteiger partial charge in [0.05, 0.1) is 0 Å². The second-order valence-corrected chi connectivity index (χ2v) is 4.98. The number of hydrogen-bond donors (Lipinski definition) is 1. The molecule has 1 heterocycles. The number of halogens is 1. The van der Waals surface area contributed by atoms with Crippen LogP contribution >= 0.6 is 12.4 Å². The molecule has 0 atom stereocenters. The van der Waals surface area contributed by atoms with Gasteiger partial charge in [0.1, 0.15) is 0 Å². The van der Waals surface area contributed by atoms with E-state index >= 15 is 0 Å². The molecule has 1 N–H and O–H groups in total. The number of fused-ring (bicyclic) bond motifs is 1. The van der Waals surface area contributed by atoms with Crippen molar-refractivity contribution >= 4 is 12.4 Å². The third kappa shape index (κ3) is 3.50. The summed E-state index contributed by atoms with van der Waals surface area (Å²) >= 11 is 0. The van der Waals surface area contributed by atoms with E-state index in [0.717, 1.165) is 19.0 Å². The molecule has 16 heavy (non-hydrogen) atoms. The lowest BCUT2D eigenvalue weighted by molar-refractivity contribution is 0.645. The zero-order valence-corrected chi connectivity index (χ0v) is 11.1. The van der Waals surface area contributed by atoms with Gasteiger partial charge in [-0.2, -0.15) is 0 Å². The summed E-state index contributed by atoms with van der Waals surface area (Å²) in [6.45, 7) is 6.78. The molecule has 0 amide bonds. The van der Waals surface area contributed by atoms with Crippen molar-refractivity contribution in [3.63, 3.8) is 0 Å². The lowest BCUT2D eigenvalue weighted by Gasteiger charge is -2.10. The van der Waals surface area contributed by atoms with Crippen molar-refractivity contribution in [3.8, 4) is 0 Å². The van der Waals surface area contributed by atoms with E-state index < -0.39 is 0 Å². The minimum Gasteiger partial charge on any atom is -0.313 e. The van der Waals surface area contributed by atoms with Gasteiger partial charge in [-0.3, -0.25) is 0 Å². The lowest BCUT2D eigenvalue weighted by atomic mass is 9.96. The predicted octanol–water partition coefficient (Wildman–Crippen LogP) is 3.34. The Morgan fingerprint density at radius 2 is 2.06 bits per heavy atom. The number of benzene rings is 1. The fourth-order valence-electron chi connectivity index (χ4n) is 2.31. The Labute approximate surface area is 105 Å². The van der Waals surface area contributed by atoms with E-state index in [4.69, 9.17) is 0 Å². The maximum Gasteiger partial charge on any atom is 0.0208 e. The summed E-state index contributed by atoms with van der Waals surface area (Å²) in [6, 6.07) is 7.04. The summed E-state index contributed by atoms with van der Waals surface area (Å²) in [4.78, 5) is 0. The SMILES string of the molecule is CC(C)Cc1ccc2c(c1)CNCCC2.Cl. The molecule has 0 bridgehead atoms. The first-order chi connectivity index (χ1) is 7.25. The van der Waals surface area contributed by atoms with E-state index in [1.807, 2.05) is 0 Å². The molecule has 0 radical (unpaired) electrons. The maximum absolute atomic E-state index is 3.48. The van der Waals surface area contributed by atoms with Crippen LogP contribution in [-0.2, 0) is 19.4 Å². The Hall–Kier alpha value is -0.530. The monoisotopic (exact) mass is 239 g/mol. The molecule has 0 aliphatic carbocycles. The molecular formula is C14H22ClN. The van der Waals surface area contributed by atoms with Crippen molar-refractivity contribution in [2.24, 2.45) is 5.92 Å². The molecule has 1 aromatic rings. The second-order valence-electron chi connectivity index (χ2n) is 4.98. The van der Waals surface area contributed by atoms with Crippen LogP contribution in [0.2, 0.25) is 0 Å². The quantitative estimate of drug-likeness (QED) is 0.835. The van der Waals surface area contributed by atoms with Gasteiger partial charge in [-0.1, -0.05) is 32.0 Å². The van der Waals surface area contributed by atoms with E-state index in [2.05, 4.69) is 37.4 Å². The Kier molecular flexibility index (Phi) is 5.30. The van der Waals surface area contributed by atoms with E-state index in [1.54, 1.807) is 5.56 Å². The first kappa shape index (κ1) is 13.5. The molecule has 90 valence electrons. The molecule has 1 aromatic carbocycles. The third-order valence-corrected chi connectivity index (χ3v) is 3.03. The molecule has 0 fully saturated rings. The van der Waals surface area contributed by atoms with E-state index in [1.165, 1.54) is 30.4 Å². The standard InChI is InChI=1S/C14H21N.ClH/c1-11(2)8-12-5-6-13-4-3-7-15-10-14(13)9-12;/h5-6,9,11,15H,3-4,7-8,10H2,1-2H3;1H. The number of nitrogens with one attached hydrogen (secondary N) is 1. The third-order valence-electron chi connectivity index (χ3n) is 3.03. The molecule has 0 spiro atoms. The molecule has 0 aromatic heterocycles. The van der Waals surface area contributed by atoms with E-state index in [9.17, 15) is 0 Å². The Bertz CT molecular complexity index is 334. The van der Waals surface area contributed by atoms with Crippen LogP contribution in [0.4, 0.5) is 0 Å². The van der Waals surface area contributed by atoms with Crippen molar-refractivity contribution in [1.82, 2.24) is 5.32 Å². The molecule has 0 saturated carbocycles. The van der Waals surface area contributed by atoms with Gasteiger partial charge in [0, 0.05) is 6.54 Å². The topological polar surface area (TPSA) is 12.0 Å². The van der Waals surface area contributed by atoms with Gasteiger partial charge in [0.2, 0.25) is 0 Å². The van der Waals surface area contributed by atoms with Gasteiger partial charge in [-0.25, -0.2) is 0 Å². The van der Waals surface area contributed by atoms with E-state index in [0.29, 0.717) is 0 Å². The normalized spacial score (nSPS) is 15.2. The van der Waals surface area contributed by atoms with Crippen molar-refractivity contribution in [3.05, 3.63) is 34.9 Å². The van der Waals surface area contributed by atoms with Crippen molar-refractivity contribution in [1.29, 1.82) is 0 Å². The van der Waals surface area contributed by atoms with Gasteiger partial charge in [0.25, 0.3) is 0 Å². The first-order valence-electron chi connectivity index (χ1n) is 6.07. The van der Waals surface area contributed by atoms with Crippen molar-refractivity contribution < 1.29 is 0 Å². The highest BCUT2D eigenvalue weighted by atomic mass is 35.5. The Balaban J connectivity index is 0.00000128. The summed E-state index contributed by atoms with van der Waals surface area (Å²) in [5.41, 5.74) is 4.56. The van der Waals surface area contributed by atoms with Gasteiger partial charge >= 0.3 is 0 Å². The van der Waals surface area contributed by atoms with Crippen LogP contribution in [-0.4, -0.2) is 6.54 Å². The summed E-state index contributed by atoms with van der Waals surface area (Å²) in [5.74, 6) is 0.752. The van der Waals surface area contributed by atoms with E-state index in [-0.39, 0.29) is 12.4 Å². The highest BCUT2D eigenvalue weighted by Crippen LogP contribution is 2.18. The van der Waals surface area contributed by atoms with Crippen LogP contribution in [0.3, 0.4) is 0 Å². The average Bonchev–Trinajstić information content (AvgIpc) is 2.41. The summed E-state index contributed by atoms with van der Waals surface area (Å²) < 4.78 is 0. The van der Waals surface area contributed by atoms with Gasteiger partial charge in [-0.15, -0.1) is 12.4 Å². The summed E-state index contributed by atoms with van der Waals surface area (Å²) in [7, 11) is 0. The molecule has 1 nitrogen and oxygen atoms in total. The largest absolute Gasteiger partial charge is 0.313 e. The molecule has 0 saturated heterocycles. The molecule has 1 aliphatic rings. The maximum atomic E-state index is 3.48. The number of aryl methyl sites for hydroxylation is 1. The van der Waals surface area contributed by atoms with Crippen LogP contribution < -0.4 is 5.32 Å². The highest BCUT2D eigenvalue weighted by molar-refractivity contribution is 5.85. The predicted molar refractivity (Wildman–Crippen MR) is 72.3 cm³/mol. The van der Waals surface area contributed by atoms with Crippen molar-refractivity contribution in [2.45, 2.75) is 39.7 Å². The summed E-state index contributed by atoms with van der Waals surface area (Å²) in [5, 5.41) is 3.48. The van der Waals surface area contributed by atoms with Crippen LogP contribution in [0, 0.1) is 5.92 Å². The average molecular weight is 240 g/mol. The zero-order valence-electron chi connectivity index (χ0n) is 10.3. The van der Waals surface area contributed by atoms with Gasteiger partial charge in [0.15, 0.2) is 0 Å². The lowest BCUT2D eigenvalue weighted by Crippen LogP contribution is -2.12. The molecular weight excluding hydrogens is 218 g/mol. The Morgan fingerprint density at radius 3 is 2.81 bits per heavy atom. The van der Waals surface area contributed by atoms with Crippen LogP contribution in [0.1, 0.15) is 37.0 Å². The molecule has 1 aliphatic heterocycles. The summed E-state index contributed by atoms with van der Waals surface area (Å²) in [6.07, 6.45) is 3.72. The number of hydrogen-bond acceptors (Lipinski definition) is 1. The fourth-order valence-corrected chi connectivity index (χ4v) is 2.31. The van der Waals surface area contributed by atoms with Gasteiger partial charge < -0.3 is 5.32 Å². The van der Waals surface area contributed by atoms with Crippen LogP contribution in [0.5, 0.6) is 0 Å². The zero-order chi connectivity index (χ0) is 10.7. The fraction of sp³-hybridized carbons (Fsp3) is 0.571. The van der Waals surface area contributed by atoms with Crippen LogP contribution in [0.15, 0.2) is 18.2 Å². The van der Waals surface area contributed by atoms with Gasteiger partial charge in [-0.05, 0) is 48.4 Å². The second kappa shape index (κ2) is 6.27. The molecule has 0 unspecified atom stereocenters. The molecule has 2 rings (SSSR count). The Morgan fingerprint density at radius 1 is 1.25 bits per heavy atom.